The number of thioether (sulfide) groups is 1. The third-order valence-corrected chi connectivity index (χ3v) is 5.85. The third-order valence-electron chi connectivity index (χ3n) is 4.65. The summed E-state index contributed by atoms with van der Waals surface area (Å²) in [4.78, 5) is 25.0. The molecule has 0 fully saturated rings. The molecule has 0 spiro atoms. The minimum atomic E-state index is -0.244. The predicted octanol–water partition coefficient (Wildman–Crippen LogP) is 4.27. The molecule has 0 aliphatic carbocycles. The van der Waals surface area contributed by atoms with Crippen molar-refractivity contribution in [1.82, 2.24) is 14.8 Å². The number of hydrogen-bond donors (Lipinski definition) is 2. The van der Waals surface area contributed by atoms with E-state index in [0.717, 1.165) is 5.75 Å². The zero-order valence-corrected chi connectivity index (χ0v) is 20.7. The lowest BCUT2D eigenvalue weighted by atomic mass is 10.3. The van der Waals surface area contributed by atoms with Crippen molar-refractivity contribution >= 4 is 46.6 Å². The highest BCUT2D eigenvalue weighted by atomic mass is 35.5. The second-order valence-corrected chi connectivity index (χ2v) is 8.39. The average molecular weight is 504 g/mol. The fourth-order valence-electron chi connectivity index (χ4n) is 3.12. The standard InChI is InChI=1S/C23H26ClN5O4S/c1-4-29-20(13-21(30)25-16-7-9-17(10-8-16)33-5-2)27-28-23(29)34-14-22(31)26-18-12-15(24)6-11-19(18)32-3/h6-12H,4-5,13-14H2,1-3H3,(H,25,30)(H,26,31). The largest absolute Gasteiger partial charge is 0.495 e. The second-order valence-electron chi connectivity index (χ2n) is 7.01. The summed E-state index contributed by atoms with van der Waals surface area (Å²) in [6.45, 7) is 4.98. The van der Waals surface area contributed by atoms with Crippen LogP contribution in [0.5, 0.6) is 11.5 Å². The Morgan fingerprint density at radius 1 is 1.06 bits per heavy atom. The summed E-state index contributed by atoms with van der Waals surface area (Å²) in [6.07, 6.45) is 0.0561. The van der Waals surface area contributed by atoms with Crippen LogP contribution in [-0.2, 0) is 22.6 Å². The van der Waals surface area contributed by atoms with E-state index < -0.39 is 0 Å². The highest BCUT2D eigenvalue weighted by Gasteiger charge is 2.17. The van der Waals surface area contributed by atoms with Gasteiger partial charge in [0.1, 0.15) is 17.3 Å². The lowest BCUT2D eigenvalue weighted by molar-refractivity contribution is -0.116. The van der Waals surface area contributed by atoms with Gasteiger partial charge in [0.05, 0.1) is 31.6 Å². The number of aromatic nitrogens is 3. The van der Waals surface area contributed by atoms with Crippen molar-refractivity contribution in [2.24, 2.45) is 0 Å². The molecule has 2 amide bonds. The Labute approximate surface area is 207 Å². The van der Waals surface area contributed by atoms with Crippen LogP contribution in [-0.4, -0.2) is 46.0 Å². The lowest BCUT2D eigenvalue weighted by Gasteiger charge is -2.11. The molecule has 1 aromatic heterocycles. The number of halogens is 1. The molecule has 2 aromatic carbocycles. The quantitative estimate of drug-likeness (QED) is 0.376. The molecule has 1 heterocycles. The molecule has 0 saturated carbocycles. The molecule has 2 N–H and O–H groups in total. The minimum Gasteiger partial charge on any atom is -0.495 e. The van der Waals surface area contributed by atoms with Gasteiger partial charge in [-0.3, -0.25) is 9.59 Å². The number of methoxy groups -OCH3 is 1. The Kier molecular flexibility index (Phi) is 9.17. The lowest BCUT2D eigenvalue weighted by Crippen LogP contribution is -2.18. The zero-order valence-electron chi connectivity index (χ0n) is 19.1. The van der Waals surface area contributed by atoms with E-state index in [1.165, 1.54) is 18.9 Å². The summed E-state index contributed by atoms with van der Waals surface area (Å²) < 4.78 is 12.5. The number of nitrogens with zero attached hydrogens (tertiary/aromatic N) is 3. The van der Waals surface area contributed by atoms with Crippen LogP contribution in [0.1, 0.15) is 19.7 Å². The van der Waals surface area contributed by atoms with Crippen molar-refractivity contribution < 1.29 is 19.1 Å². The number of ether oxygens (including phenoxy) is 2. The number of carbonyl (C=O) groups is 2. The number of amides is 2. The molecule has 3 rings (SSSR count). The van der Waals surface area contributed by atoms with Gasteiger partial charge in [-0.2, -0.15) is 0 Å². The molecule has 34 heavy (non-hydrogen) atoms. The zero-order chi connectivity index (χ0) is 24.5. The van der Waals surface area contributed by atoms with E-state index in [-0.39, 0.29) is 24.0 Å². The van der Waals surface area contributed by atoms with Gasteiger partial charge in [0, 0.05) is 17.3 Å². The van der Waals surface area contributed by atoms with Gasteiger partial charge < -0.3 is 24.7 Å². The van der Waals surface area contributed by atoms with Gasteiger partial charge in [0.15, 0.2) is 5.16 Å². The Morgan fingerprint density at radius 3 is 2.50 bits per heavy atom. The highest BCUT2D eigenvalue weighted by Crippen LogP contribution is 2.28. The Hall–Kier alpha value is -3.24. The van der Waals surface area contributed by atoms with Crippen LogP contribution in [0.15, 0.2) is 47.6 Å². The smallest absolute Gasteiger partial charge is 0.234 e. The van der Waals surface area contributed by atoms with Gasteiger partial charge >= 0.3 is 0 Å². The summed E-state index contributed by atoms with van der Waals surface area (Å²) in [5.74, 6) is 1.42. The molecule has 3 aromatic rings. The van der Waals surface area contributed by atoms with Crippen molar-refractivity contribution in [3.8, 4) is 11.5 Å². The van der Waals surface area contributed by atoms with Crippen molar-refractivity contribution in [2.75, 3.05) is 30.1 Å². The van der Waals surface area contributed by atoms with E-state index in [1.54, 1.807) is 42.5 Å². The minimum absolute atomic E-state index is 0.0561. The molecule has 0 aliphatic rings. The normalized spacial score (nSPS) is 10.6. The number of rotatable bonds is 11. The van der Waals surface area contributed by atoms with Gasteiger partial charge in [-0.25, -0.2) is 0 Å². The van der Waals surface area contributed by atoms with Crippen LogP contribution < -0.4 is 20.1 Å². The maximum absolute atomic E-state index is 12.5. The molecule has 11 heteroatoms. The summed E-state index contributed by atoms with van der Waals surface area (Å²) in [6, 6.07) is 12.1. The van der Waals surface area contributed by atoms with E-state index in [4.69, 9.17) is 21.1 Å². The van der Waals surface area contributed by atoms with Gasteiger partial charge in [0.25, 0.3) is 0 Å². The number of benzene rings is 2. The van der Waals surface area contributed by atoms with E-state index in [1.807, 2.05) is 18.4 Å². The number of carbonyl (C=O) groups excluding carboxylic acids is 2. The molecular weight excluding hydrogens is 478 g/mol. The Bertz CT molecular complexity index is 1140. The molecule has 0 aliphatic heterocycles. The van der Waals surface area contributed by atoms with Crippen molar-refractivity contribution in [1.29, 1.82) is 0 Å². The maximum atomic E-state index is 12.5. The number of nitrogens with one attached hydrogen (secondary N) is 2. The summed E-state index contributed by atoms with van der Waals surface area (Å²) in [5, 5.41) is 15.0. The van der Waals surface area contributed by atoms with Crippen molar-refractivity contribution in [2.45, 2.75) is 32.0 Å². The first-order chi connectivity index (χ1) is 16.4. The van der Waals surface area contributed by atoms with Crippen LogP contribution in [0, 0.1) is 0 Å². The molecule has 0 unspecified atom stereocenters. The van der Waals surface area contributed by atoms with Crippen molar-refractivity contribution in [3.63, 3.8) is 0 Å². The van der Waals surface area contributed by atoms with E-state index in [9.17, 15) is 9.59 Å². The van der Waals surface area contributed by atoms with Crippen LogP contribution in [0.3, 0.4) is 0 Å². The van der Waals surface area contributed by atoms with Crippen LogP contribution in [0.4, 0.5) is 11.4 Å². The van der Waals surface area contributed by atoms with Crippen LogP contribution >= 0.6 is 23.4 Å². The fourth-order valence-corrected chi connectivity index (χ4v) is 4.11. The Balaban J connectivity index is 1.57. The second kappa shape index (κ2) is 12.3. The number of hydrogen-bond acceptors (Lipinski definition) is 7. The van der Waals surface area contributed by atoms with Gasteiger partial charge in [0.2, 0.25) is 11.8 Å². The molecule has 0 bridgehead atoms. The van der Waals surface area contributed by atoms with E-state index in [0.29, 0.717) is 46.3 Å². The fraction of sp³-hybridized carbons (Fsp3) is 0.304. The first-order valence-corrected chi connectivity index (χ1v) is 12.0. The molecule has 0 atom stereocenters. The Morgan fingerprint density at radius 2 is 1.82 bits per heavy atom. The molecular formula is C23H26ClN5O4S. The number of anilines is 2. The van der Waals surface area contributed by atoms with Crippen LogP contribution in [0.25, 0.3) is 0 Å². The summed E-state index contributed by atoms with van der Waals surface area (Å²) in [5.41, 5.74) is 1.16. The van der Waals surface area contributed by atoms with Gasteiger partial charge in [-0.15, -0.1) is 10.2 Å². The SMILES string of the molecule is CCOc1ccc(NC(=O)Cc2nnc(SCC(=O)Nc3cc(Cl)ccc3OC)n2CC)cc1. The highest BCUT2D eigenvalue weighted by molar-refractivity contribution is 7.99. The maximum Gasteiger partial charge on any atom is 0.234 e. The van der Waals surface area contributed by atoms with Gasteiger partial charge in [-0.05, 0) is 56.3 Å². The van der Waals surface area contributed by atoms with E-state index >= 15 is 0 Å². The topological polar surface area (TPSA) is 107 Å². The summed E-state index contributed by atoms with van der Waals surface area (Å²) in [7, 11) is 1.52. The average Bonchev–Trinajstić information content (AvgIpc) is 3.20. The molecule has 0 radical (unpaired) electrons. The van der Waals surface area contributed by atoms with E-state index in [2.05, 4.69) is 20.8 Å². The first-order valence-electron chi connectivity index (χ1n) is 10.6. The van der Waals surface area contributed by atoms with Crippen LogP contribution in [0.2, 0.25) is 5.02 Å². The molecule has 180 valence electrons. The molecule has 9 nitrogen and oxygen atoms in total. The van der Waals surface area contributed by atoms with Gasteiger partial charge in [-0.1, -0.05) is 23.4 Å². The predicted molar refractivity (Wildman–Crippen MR) is 133 cm³/mol. The first kappa shape index (κ1) is 25.4. The third kappa shape index (κ3) is 6.88. The monoisotopic (exact) mass is 503 g/mol. The summed E-state index contributed by atoms with van der Waals surface area (Å²) >= 11 is 7.25. The van der Waals surface area contributed by atoms with Crippen molar-refractivity contribution in [3.05, 3.63) is 53.3 Å². The molecule has 0 saturated heterocycles.